The number of aryl methyl sites for hydroxylation is 1. The zero-order chi connectivity index (χ0) is 20.4. The number of hydrogen-bond donors (Lipinski definition) is 0. The second kappa shape index (κ2) is 7.71. The van der Waals surface area contributed by atoms with Crippen LogP contribution in [-0.2, 0) is 4.74 Å². The molecule has 2 aromatic heterocycles. The largest absolute Gasteiger partial charge is 0.497 e. The molecule has 0 saturated heterocycles. The molecule has 0 N–H and O–H groups in total. The first kappa shape index (κ1) is 18.6. The molecular formula is C22H19N3O4. The van der Waals surface area contributed by atoms with Gasteiger partial charge in [-0.2, -0.15) is 0 Å². The maximum Gasteiger partial charge on any atom is 0.339 e. The first-order valence-electron chi connectivity index (χ1n) is 9.10. The highest BCUT2D eigenvalue weighted by Gasteiger charge is 2.21. The van der Waals surface area contributed by atoms with Crippen molar-refractivity contribution >= 4 is 16.9 Å². The summed E-state index contributed by atoms with van der Waals surface area (Å²) in [5.74, 6) is 0.828. The minimum Gasteiger partial charge on any atom is -0.497 e. The van der Waals surface area contributed by atoms with E-state index in [1.165, 1.54) is 0 Å². The van der Waals surface area contributed by atoms with Crippen molar-refractivity contribution in [3.8, 4) is 17.2 Å². The van der Waals surface area contributed by atoms with Crippen LogP contribution < -0.4 is 4.74 Å². The maximum absolute atomic E-state index is 12.8. The van der Waals surface area contributed by atoms with Crippen molar-refractivity contribution in [2.24, 2.45) is 0 Å². The van der Waals surface area contributed by atoms with Crippen LogP contribution in [0.4, 0.5) is 0 Å². The van der Waals surface area contributed by atoms with Gasteiger partial charge in [0.15, 0.2) is 6.10 Å². The van der Waals surface area contributed by atoms with Gasteiger partial charge in [-0.3, -0.25) is 4.98 Å². The number of fused-ring (bicyclic) bond motifs is 1. The lowest BCUT2D eigenvalue weighted by molar-refractivity contribution is 0.0282. The molecule has 1 atom stereocenters. The van der Waals surface area contributed by atoms with E-state index < -0.39 is 12.1 Å². The molecule has 0 fully saturated rings. The number of carbonyl (C=O) groups is 1. The summed E-state index contributed by atoms with van der Waals surface area (Å²) >= 11 is 0. The molecule has 4 rings (SSSR count). The number of methoxy groups -OCH3 is 1. The van der Waals surface area contributed by atoms with Gasteiger partial charge < -0.3 is 13.9 Å². The van der Waals surface area contributed by atoms with Gasteiger partial charge in [-0.15, -0.1) is 10.2 Å². The van der Waals surface area contributed by atoms with Crippen molar-refractivity contribution in [1.29, 1.82) is 0 Å². The average Bonchev–Trinajstić information content (AvgIpc) is 3.23. The minimum atomic E-state index is -0.700. The summed E-state index contributed by atoms with van der Waals surface area (Å²) in [7, 11) is 1.60. The van der Waals surface area contributed by atoms with Crippen LogP contribution in [0.5, 0.6) is 5.75 Å². The van der Waals surface area contributed by atoms with Gasteiger partial charge in [0.1, 0.15) is 5.75 Å². The Morgan fingerprint density at radius 3 is 2.59 bits per heavy atom. The Morgan fingerprint density at radius 1 is 1.07 bits per heavy atom. The molecule has 2 aromatic carbocycles. The summed E-state index contributed by atoms with van der Waals surface area (Å²) in [5.41, 5.74) is 2.68. The van der Waals surface area contributed by atoms with Crippen LogP contribution in [0, 0.1) is 6.92 Å². The summed E-state index contributed by atoms with van der Waals surface area (Å²) in [6.07, 6.45) is -0.700. The standard InChI is InChI=1S/C22H19N3O4/c1-13-12-18(17-6-4-5-7-19(17)23-13)22(26)28-14(2)20-24-25-21(29-20)15-8-10-16(27-3)11-9-15/h4-12,14H,1-3H3/t14-/m0/s1. The van der Waals surface area contributed by atoms with E-state index >= 15 is 0 Å². The van der Waals surface area contributed by atoms with E-state index in [1.54, 1.807) is 32.2 Å². The fraction of sp³-hybridized carbons (Fsp3) is 0.182. The van der Waals surface area contributed by atoms with E-state index in [9.17, 15) is 4.79 Å². The highest BCUT2D eigenvalue weighted by atomic mass is 16.6. The molecule has 0 amide bonds. The molecule has 0 bridgehead atoms. The average molecular weight is 389 g/mol. The van der Waals surface area contributed by atoms with E-state index in [2.05, 4.69) is 15.2 Å². The van der Waals surface area contributed by atoms with Crippen LogP contribution in [0.3, 0.4) is 0 Å². The Hall–Kier alpha value is -3.74. The third-order valence-corrected chi connectivity index (χ3v) is 4.47. The fourth-order valence-electron chi connectivity index (χ4n) is 3.00. The summed E-state index contributed by atoms with van der Waals surface area (Å²) in [6.45, 7) is 3.53. The third-order valence-electron chi connectivity index (χ3n) is 4.47. The lowest BCUT2D eigenvalue weighted by Crippen LogP contribution is -2.11. The first-order valence-corrected chi connectivity index (χ1v) is 9.10. The van der Waals surface area contributed by atoms with Gasteiger partial charge in [0.2, 0.25) is 5.89 Å². The lowest BCUT2D eigenvalue weighted by atomic mass is 10.1. The number of pyridine rings is 1. The van der Waals surface area contributed by atoms with Crippen LogP contribution in [0.1, 0.15) is 35.0 Å². The molecular weight excluding hydrogens is 370 g/mol. The van der Waals surface area contributed by atoms with Crippen molar-refractivity contribution in [3.05, 3.63) is 71.7 Å². The zero-order valence-corrected chi connectivity index (χ0v) is 16.2. The second-order valence-corrected chi connectivity index (χ2v) is 6.55. The van der Waals surface area contributed by atoms with Gasteiger partial charge in [-0.1, -0.05) is 18.2 Å². The Bertz CT molecular complexity index is 1170. The quantitative estimate of drug-likeness (QED) is 0.464. The number of rotatable bonds is 5. The van der Waals surface area contributed by atoms with E-state index in [0.29, 0.717) is 11.5 Å². The van der Waals surface area contributed by atoms with Crippen molar-refractivity contribution in [1.82, 2.24) is 15.2 Å². The van der Waals surface area contributed by atoms with E-state index in [1.807, 2.05) is 43.3 Å². The van der Waals surface area contributed by atoms with Crippen molar-refractivity contribution < 1.29 is 18.7 Å². The summed E-state index contributed by atoms with van der Waals surface area (Å²) in [5, 5.41) is 8.81. The Kier molecular flexibility index (Phi) is 4.95. The Labute approximate surface area is 167 Å². The minimum absolute atomic E-state index is 0.222. The van der Waals surface area contributed by atoms with Crippen LogP contribution in [0.2, 0.25) is 0 Å². The van der Waals surface area contributed by atoms with Crippen LogP contribution in [0.25, 0.3) is 22.4 Å². The normalized spacial score (nSPS) is 12.0. The molecule has 0 unspecified atom stereocenters. The fourth-order valence-corrected chi connectivity index (χ4v) is 3.00. The third kappa shape index (κ3) is 3.80. The van der Waals surface area contributed by atoms with Crippen molar-refractivity contribution in [3.63, 3.8) is 0 Å². The summed E-state index contributed by atoms with van der Waals surface area (Å²) in [4.78, 5) is 17.2. The number of benzene rings is 2. The predicted molar refractivity (Wildman–Crippen MR) is 107 cm³/mol. The van der Waals surface area contributed by atoms with E-state index in [-0.39, 0.29) is 5.89 Å². The first-order chi connectivity index (χ1) is 14.0. The molecule has 0 aliphatic rings. The molecule has 0 aliphatic heterocycles. The topological polar surface area (TPSA) is 87.3 Å². The number of esters is 1. The van der Waals surface area contributed by atoms with Gasteiger partial charge in [0.25, 0.3) is 5.89 Å². The monoisotopic (exact) mass is 389 g/mol. The molecule has 4 aromatic rings. The van der Waals surface area contributed by atoms with Crippen molar-refractivity contribution in [2.75, 3.05) is 7.11 Å². The number of hydrogen-bond acceptors (Lipinski definition) is 7. The van der Waals surface area contributed by atoms with Gasteiger partial charge in [0.05, 0.1) is 18.2 Å². The Morgan fingerprint density at radius 2 is 1.83 bits per heavy atom. The number of carbonyl (C=O) groups excluding carboxylic acids is 1. The highest BCUT2D eigenvalue weighted by molar-refractivity contribution is 6.03. The molecule has 7 heteroatoms. The maximum atomic E-state index is 12.8. The zero-order valence-electron chi connectivity index (χ0n) is 16.2. The smallest absolute Gasteiger partial charge is 0.339 e. The van der Waals surface area contributed by atoms with Crippen LogP contribution in [-0.4, -0.2) is 28.3 Å². The number of nitrogens with zero attached hydrogens (tertiary/aromatic N) is 3. The number of ether oxygens (including phenoxy) is 2. The number of aromatic nitrogens is 3. The molecule has 2 heterocycles. The highest BCUT2D eigenvalue weighted by Crippen LogP contribution is 2.26. The molecule has 0 spiro atoms. The van der Waals surface area contributed by atoms with E-state index in [4.69, 9.17) is 13.9 Å². The SMILES string of the molecule is COc1ccc(-c2nnc([C@H](C)OC(=O)c3cc(C)nc4ccccc34)o2)cc1. The van der Waals surface area contributed by atoms with Crippen LogP contribution in [0.15, 0.2) is 59.0 Å². The van der Waals surface area contributed by atoms with Gasteiger partial charge in [-0.25, -0.2) is 4.79 Å². The molecule has 146 valence electrons. The summed E-state index contributed by atoms with van der Waals surface area (Å²) in [6, 6.07) is 16.4. The van der Waals surface area contributed by atoms with Gasteiger partial charge in [0, 0.05) is 16.6 Å². The molecule has 0 radical (unpaired) electrons. The second-order valence-electron chi connectivity index (χ2n) is 6.55. The van der Waals surface area contributed by atoms with E-state index in [0.717, 1.165) is 27.9 Å². The lowest BCUT2D eigenvalue weighted by Gasteiger charge is -2.11. The molecule has 0 aliphatic carbocycles. The van der Waals surface area contributed by atoms with Crippen LogP contribution >= 0.6 is 0 Å². The van der Waals surface area contributed by atoms with Crippen molar-refractivity contribution in [2.45, 2.75) is 20.0 Å². The molecule has 29 heavy (non-hydrogen) atoms. The predicted octanol–water partition coefficient (Wildman–Crippen LogP) is 4.52. The Balaban J connectivity index is 1.55. The van der Waals surface area contributed by atoms with Gasteiger partial charge >= 0.3 is 5.97 Å². The number of para-hydroxylation sites is 1. The molecule has 0 saturated carbocycles. The summed E-state index contributed by atoms with van der Waals surface area (Å²) < 4.78 is 16.4. The molecule has 7 nitrogen and oxygen atoms in total. The van der Waals surface area contributed by atoms with Gasteiger partial charge in [-0.05, 0) is 50.2 Å².